The number of benzene rings is 2. The van der Waals surface area contributed by atoms with Crippen LogP contribution in [0, 0.1) is 0 Å². The first-order valence-corrected chi connectivity index (χ1v) is 6.74. The van der Waals surface area contributed by atoms with Crippen molar-refractivity contribution in [2.45, 2.75) is 6.54 Å². The summed E-state index contributed by atoms with van der Waals surface area (Å²) in [5.74, 6) is -0.929. The minimum atomic E-state index is -0.929. The molecule has 0 aliphatic carbocycles. The summed E-state index contributed by atoms with van der Waals surface area (Å²) in [5, 5.41) is 12.7. The Labute approximate surface area is 124 Å². The molecule has 3 nitrogen and oxygen atoms in total. The summed E-state index contributed by atoms with van der Waals surface area (Å²) in [6.45, 7) is 0.574. The molecule has 0 aliphatic heterocycles. The Morgan fingerprint density at radius 1 is 1.21 bits per heavy atom. The summed E-state index contributed by atoms with van der Waals surface area (Å²) in [6.07, 6.45) is 0. The van der Waals surface area contributed by atoms with Crippen molar-refractivity contribution in [3.05, 3.63) is 63.1 Å². The number of nitrogens with one attached hydrogen (secondary N) is 1. The van der Waals surface area contributed by atoms with Gasteiger partial charge in [-0.05, 0) is 48.0 Å². The minimum Gasteiger partial charge on any atom is -0.478 e. The predicted molar refractivity (Wildman–Crippen MR) is 79.9 cm³/mol. The Hall–Kier alpha value is -1.52. The molecule has 2 N–H and O–H groups in total. The van der Waals surface area contributed by atoms with Gasteiger partial charge in [-0.15, -0.1) is 0 Å². The van der Waals surface area contributed by atoms with Crippen molar-refractivity contribution in [3.63, 3.8) is 0 Å². The van der Waals surface area contributed by atoms with Gasteiger partial charge in [-0.1, -0.05) is 27.5 Å². The highest BCUT2D eigenvalue weighted by Gasteiger charge is 2.03. The van der Waals surface area contributed by atoms with Crippen LogP contribution in [0.3, 0.4) is 0 Å². The van der Waals surface area contributed by atoms with Gasteiger partial charge in [0, 0.05) is 21.7 Å². The van der Waals surface area contributed by atoms with E-state index in [2.05, 4.69) is 21.2 Å². The van der Waals surface area contributed by atoms with E-state index in [4.69, 9.17) is 16.7 Å². The van der Waals surface area contributed by atoms with Crippen LogP contribution < -0.4 is 5.32 Å². The van der Waals surface area contributed by atoms with Gasteiger partial charge in [-0.25, -0.2) is 4.79 Å². The second-order valence-corrected chi connectivity index (χ2v) is 5.29. The van der Waals surface area contributed by atoms with Crippen LogP contribution in [0.5, 0.6) is 0 Å². The van der Waals surface area contributed by atoms with Crippen molar-refractivity contribution in [3.8, 4) is 0 Å². The molecule has 98 valence electrons. The molecule has 0 aromatic heterocycles. The third kappa shape index (κ3) is 3.72. The van der Waals surface area contributed by atoms with Crippen LogP contribution >= 0.6 is 27.5 Å². The van der Waals surface area contributed by atoms with Crippen LogP contribution in [0.1, 0.15) is 15.9 Å². The van der Waals surface area contributed by atoms with Gasteiger partial charge in [-0.3, -0.25) is 0 Å². The maximum absolute atomic E-state index is 10.7. The summed E-state index contributed by atoms with van der Waals surface area (Å²) in [4.78, 5) is 10.7. The summed E-state index contributed by atoms with van der Waals surface area (Å²) >= 11 is 9.49. The molecule has 0 fully saturated rings. The van der Waals surface area contributed by atoms with E-state index in [0.717, 1.165) is 15.7 Å². The van der Waals surface area contributed by atoms with E-state index in [1.165, 1.54) is 0 Å². The van der Waals surface area contributed by atoms with Crippen molar-refractivity contribution in [2.24, 2.45) is 0 Å². The molecule has 0 bridgehead atoms. The largest absolute Gasteiger partial charge is 0.478 e. The third-order valence-electron chi connectivity index (χ3n) is 2.62. The fourth-order valence-electron chi connectivity index (χ4n) is 1.61. The van der Waals surface area contributed by atoms with Crippen LogP contribution in [0.15, 0.2) is 46.9 Å². The lowest BCUT2D eigenvalue weighted by molar-refractivity contribution is 0.0697. The zero-order valence-electron chi connectivity index (χ0n) is 9.86. The Morgan fingerprint density at radius 3 is 2.53 bits per heavy atom. The topological polar surface area (TPSA) is 49.3 Å². The number of aromatic carboxylic acids is 1. The van der Waals surface area contributed by atoms with Gasteiger partial charge in [-0.2, -0.15) is 0 Å². The number of halogens is 2. The summed E-state index contributed by atoms with van der Waals surface area (Å²) < 4.78 is 0.968. The number of carboxylic acid groups (broad SMARTS) is 1. The molecule has 0 saturated carbocycles. The molecule has 0 saturated heterocycles. The van der Waals surface area contributed by atoms with Crippen LogP contribution in [-0.2, 0) is 6.54 Å². The SMILES string of the molecule is O=C(O)c1ccc(NCc2cc(Br)ccc2Cl)cc1. The van der Waals surface area contributed by atoms with Crippen LogP contribution in [0.25, 0.3) is 0 Å². The van der Waals surface area contributed by atoms with Crippen LogP contribution in [-0.4, -0.2) is 11.1 Å². The molecule has 0 unspecified atom stereocenters. The van der Waals surface area contributed by atoms with E-state index < -0.39 is 5.97 Å². The Bertz CT molecular complexity index is 599. The number of hydrogen-bond acceptors (Lipinski definition) is 2. The fraction of sp³-hybridized carbons (Fsp3) is 0.0714. The quantitative estimate of drug-likeness (QED) is 0.866. The van der Waals surface area contributed by atoms with Crippen LogP contribution in [0.2, 0.25) is 5.02 Å². The third-order valence-corrected chi connectivity index (χ3v) is 3.48. The van der Waals surface area contributed by atoms with E-state index in [0.29, 0.717) is 11.6 Å². The van der Waals surface area contributed by atoms with Crippen molar-refractivity contribution >= 4 is 39.2 Å². The maximum atomic E-state index is 10.7. The smallest absolute Gasteiger partial charge is 0.335 e. The summed E-state index contributed by atoms with van der Waals surface area (Å²) in [7, 11) is 0. The van der Waals surface area contributed by atoms with E-state index in [1.54, 1.807) is 24.3 Å². The Morgan fingerprint density at radius 2 is 1.89 bits per heavy atom. The molecule has 0 radical (unpaired) electrons. The zero-order chi connectivity index (χ0) is 13.8. The van der Waals surface area contributed by atoms with E-state index in [1.807, 2.05) is 18.2 Å². The van der Waals surface area contributed by atoms with Gasteiger partial charge in [0.2, 0.25) is 0 Å². The molecular weight excluding hydrogens is 330 g/mol. The highest BCUT2D eigenvalue weighted by Crippen LogP contribution is 2.22. The van der Waals surface area contributed by atoms with E-state index in [-0.39, 0.29) is 5.56 Å². The lowest BCUT2D eigenvalue weighted by atomic mass is 10.2. The van der Waals surface area contributed by atoms with E-state index >= 15 is 0 Å². The molecule has 19 heavy (non-hydrogen) atoms. The highest BCUT2D eigenvalue weighted by atomic mass is 79.9. The normalized spacial score (nSPS) is 10.2. The molecule has 5 heteroatoms. The maximum Gasteiger partial charge on any atom is 0.335 e. The standard InChI is InChI=1S/C14H11BrClNO2/c15-11-3-6-13(16)10(7-11)8-17-12-4-1-9(2-5-12)14(18)19/h1-7,17H,8H2,(H,18,19). The molecule has 2 aromatic carbocycles. The van der Waals surface area contributed by atoms with Crippen molar-refractivity contribution in [2.75, 3.05) is 5.32 Å². The van der Waals surface area contributed by atoms with Crippen molar-refractivity contribution in [1.82, 2.24) is 0 Å². The number of rotatable bonds is 4. The van der Waals surface area contributed by atoms with Gasteiger partial charge < -0.3 is 10.4 Å². The number of anilines is 1. The lowest BCUT2D eigenvalue weighted by Gasteiger charge is -2.09. The molecule has 0 amide bonds. The fourth-order valence-corrected chi connectivity index (χ4v) is 2.20. The molecular formula is C14H11BrClNO2. The zero-order valence-corrected chi connectivity index (χ0v) is 12.2. The van der Waals surface area contributed by atoms with Crippen molar-refractivity contribution < 1.29 is 9.90 Å². The Balaban J connectivity index is 2.06. The number of hydrogen-bond donors (Lipinski definition) is 2. The molecule has 0 spiro atoms. The minimum absolute atomic E-state index is 0.269. The summed E-state index contributed by atoms with van der Waals surface area (Å²) in [6, 6.07) is 12.2. The highest BCUT2D eigenvalue weighted by molar-refractivity contribution is 9.10. The predicted octanol–water partition coefficient (Wildman–Crippen LogP) is 4.41. The molecule has 2 rings (SSSR count). The second kappa shape index (κ2) is 6.08. The summed E-state index contributed by atoms with van der Waals surface area (Å²) in [5.41, 5.74) is 2.09. The van der Waals surface area contributed by atoms with Gasteiger partial charge in [0.15, 0.2) is 0 Å². The average Bonchev–Trinajstić information content (AvgIpc) is 2.40. The van der Waals surface area contributed by atoms with Gasteiger partial charge in [0.05, 0.1) is 5.56 Å². The molecule has 2 aromatic rings. The number of carboxylic acids is 1. The van der Waals surface area contributed by atoms with Crippen molar-refractivity contribution in [1.29, 1.82) is 0 Å². The number of carbonyl (C=O) groups is 1. The monoisotopic (exact) mass is 339 g/mol. The first-order valence-electron chi connectivity index (χ1n) is 5.57. The van der Waals surface area contributed by atoms with Crippen LogP contribution in [0.4, 0.5) is 5.69 Å². The molecule has 0 atom stereocenters. The first-order chi connectivity index (χ1) is 9.06. The Kier molecular flexibility index (Phi) is 4.45. The van der Waals surface area contributed by atoms with Gasteiger partial charge in [0.25, 0.3) is 0 Å². The molecule has 0 heterocycles. The first kappa shape index (κ1) is 13.9. The van der Waals surface area contributed by atoms with E-state index in [9.17, 15) is 4.79 Å². The second-order valence-electron chi connectivity index (χ2n) is 3.97. The van der Waals surface area contributed by atoms with Gasteiger partial charge in [0.1, 0.15) is 0 Å². The molecule has 0 aliphatic rings. The average molecular weight is 341 g/mol. The lowest BCUT2D eigenvalue weighted by Crippen LogP contribution is -2.01. The van der Waals surface area contributed by atoms with Gasteiger partial charge >= 0.3 is 5.97 Å².